The molecule has 7 heteroatoms. The molecule has 1 amide bonds. The number of amides is 1. The van der Waals surface area contributed by atoms with Gasteiger partial charge in [0.25, 0.3) is 0 Å². The van der Waals surface area contributed by atoms with Crippen LogP contribution < -0.4 is 24.5 Å². The molecule has 0 N–H and O–H groups in total. The van der Waals surface area contributed by atoms with Gasteiger partial charge in [-0.15, -0.1) is 0 Å². The molecular weight excluding hydrogens is 487 g/mol. The van der Waals surface area contributed by atoms with E-state index >= 15 is 0 Å². The summed E-state index contributed by atoms with van der Waals surface area (Å²) in [5.74, 6) is -0.445. The molecule has 0 bridgehead atoms. The van der Waals surface area contributed by atoms with Crippen LogP contribution in [0.1, 0.15) is 27.0 Å². The van der Waals surface area contributed by atoms with Gasteiger partial charge in [-0.05, 0) is 0 Å². The average Bonchev–Trinajstić information content (AvgIpc) is 2.90. The minimum atomic E-state index is -3.76. The van der Waals surface area contributed by atoms with Crippen molar-refractivity contribution in [2.45, 2.75) is 11.8 Å². The van der Waals surface area contributed by atoms with Crippen molar-refractivity contribution in [2.75, 3.05) is 0 Å². The second-order valence-corrected chi connectivity index (χ2v) is 11.2. The van der Waals surface area contributed by atoms with Crippen LogP contribution in [0.3, 0.4) is 0 Å². The van der Waals surface area contributed by atoms with Crippen molar-refractivity contribution in [3.63, 3.8) is 0 Å². The molecule has 142 valence electrons. The third-order valence-electron chi connectivity index (χ3n) is 4.29. The Kier molecular flexibility index (Phi) is 5.03. The Labute approximate surface area is 175 Å². The molecular formula is C21H17IN2O3S. The number of carbonyl (C=O) groups is 1. The van der Waals surface area contributed by atoms with Crippen LogP contribution in [0.2, 0.25) is 0 Å². The monoisotopic (exact) mass is 504 g/mol. The minimum absolute atomic E-state index is 0.0953. The van der Waals surface area contributed by atoms with Crippen molar-refractivity contribution in [3.05, 3.63) is 95.3 Å². The molecule has 1 aliphatic heterocycles. The van der Waals surface area contributed by atoms with Gasteiger partial charge < -0.3 is 0 Å². The third-order valence-corrected chi connectivity index (χ3v) is 9.73. The number of pyridine rings is 1. The Morgan fingerprint density at radius 1 is 0.893 bits per heavy atom. The molecule has 2 aromatic carbocycles. The number of hydrogen-bond donors (Lipinski definition) is 0. The van der Waals surface area contributed by atoms with Crippen LogP contribution in [-0.2, 0) is 10.0 Å². The number of halogens is 1. The Balaban J connectivity index is 1.51. The summed E-state index contributed by atoms with van der Waals surface area (Å²) in [6, 6.07) is 18.4. The van der Waals surface area contributed by atoms with Gasteiger partial charge in [0.1, 0.15) is 0 Å². The van der Waals surface area contributed by atoms with Crippen molar-refractivity contribution in [1.82, 2.24) is 2.52 Å². The van der Waals surface area contributed by atoms with E-state index in [1.807, 2.05) is 36.7 Å². The van der Waals surface area contributed by atoms with Crippen molar-refractivity contribution in [2.24, 2.45) is 0 Å². The summed E-state index contributed by atoms with van der Waals surface area (Å²) in [5, 5.41) is 0. The Hall–Kier alpha value is -2.52. The molecule has 0 radical (unpaired) electrons. The van der Waals surface area contributed by atoms with Crippen LogP contribution in [0.4, 0.5) is 0 Å². The molecule has 3 aromatic rings. The standard InChI is InChI=1S/C21H17IN2O3S/c1-16-6-8-17(9-7-16)10-11-18-12-14-23(15-13-18)22-24-21(25)19-4-2-3-5-20(19)28(24,26)27/h2-15H,1H3/b11-10+. The Morgan fingerprint density at radius 3 is 2.14 bits per heavy atom. The van der Waals surface area contributed by atoms with Crippen molar-refractivity contribution < 1.29 is 37.7 Å². The van der Waals surface area contributed by atoms with E-state index in [0.29, 0.717) is 0 Å². The quantitative estimate of drug-likeness (QED) is 0.374. The number of nitrogens with zero attached hydrogens (tertiary/aromatic N) is 2. The molecule has 0 spiro atoms. The maximum absolute atomic E-state index is 12.7. The van der Waals surface area contributed by atoms with Crippen LogP contribution in [0.25, 0.3) is 12.2 Å². The third kappa shape index (κ3) is 3.59. The van der Waals surface area contributed by atoms with E-state index in [1.54, 1.807) is 21.0 Å². The van der Waals surface area contributed by atoms with Gasteiger partial charge in [-0.2, -0.15) is 0 Å². The molecule has 2 heterocycles. The van der Waals surface area contributed by atoms with Crippen molar-refractivity contribution >= 4 is 28.1 Å². The van der Waals surface area contributed by atoms with Gasteiger partial charge in [0.15, 0.2) is 0 Å². The van der Waals surface area contributed by atoms with Crippen LogP contribution in [0.5, 0.6) is 0 Å². The number of carbonyl (C=O) groups excluding carboxylic acids is 1. The fraction of sp³-hybridized carbons (Fsp3) is 0.0476. The molecule has 1 aliphatic rings. The van der Waals surface area contributed by atoms with E-state index in [1.165, 1.54) is 11.6 Å². The predicted molar refractivity (Wildman–Crippen MR) is 102 cm³/mol. The topological polar surface area (TPSA) is 58.3 Å². The van der Waals surface area contributed by atoms with Crippen molar-refractivity contribution in [1.29, 1.82) is 0 Å². The van der Waals surface area contributed by atoms with E-state index in [4.69, 9.17) is 0 Å². The fourth-order valence-corrected chi connectivity index (χ4v) is 7.35. The molecule has 5 nitrogen and oxygen atoms in total. The van der Waals surface area contributed by atoms with Gasteiger partial charge in [-0.25, -0.2) is 0 Å². The first kappa shape index (κ1) is 18.8. The molecule has 0 aliphatic carbocycles. The normalized spacial score (nSPS) is 15.3. The van der Waals surface area contributed by atoms with Gasteiger partial charge >= 0.3 is 175 Å². The zero-order valence-electron chi connectivity index (χ0n) is 15.0. The van der Waals surface area contributed by atoms with Gasteiger partial charge in [-0.3, -0.25) is 0 Å². The second kappa shape index (κ2) is 7.48. The Bertz CT molecular complexity index is 1170. The molecule has 0 unspecified atom stereocenters. The second-order valence-electron chi connectivity index (χ2n) is 6.32. The van der Waals surface area contributed by atoms with E-state index < -0.39 is 37.7 Å². The molecule has 28 heavy (non-hydrogen) atoms. The molecule has 0 saturated carbocycles. The fourth-order valence-electron chi connectivity index (χ4n) is 2.76. The molecule has 0 fully saturated rings. The summed E-state index contributed by atoms with van der Waals surface area (Å²) in [5.41, 5.74) is 3.58. The average molecular weight is 504 g/mol. The summed E-state index contributed by atoms with van der Waals surface area (Å²) in [6.07, 6.45) is 7.65. The predicted octanol–water partition coefficient (Wildman–Crippen LogP) is 0.0647. The van der Waals surface area contributed by atoms with Crippen LogP contribution in [0, 0.1) is 6.92 Å². The van der Waals surface area contributed by atoms with E-state index in [2.05, 4.69) is 31.2 Å². The van der Waals surface area contributed by atoms with Gasteiger partial charge in [0.05, 0.1) is 0 Å². The number of benzene rings is 2. The summed E-state index contributed by atoms with van der Waals surface area (Å²) in [7, 11) is -3.76. The number of fused-ring (bicyclic) bond motifs is 1. The van der Waals surface area contributed by atoms with Crippen LogP contribution in [-0.4, -0.2) is 16.8 Å². The van der Waals surface area contributed by atoms with Crippen LogP contribution >= 0.6 is 0 Å². The number of sulfonamides is 1. The number of aromatic nitrogens is 1. The summed E-state index contributed by atoms with van der Waals surface area (Å²) in [4.78, 5) is 12.6. The SMILES string of the molecule is Cc1ccc(/C=C/c2cc[n+]([I-]N3C(=O)c4ccccc4S3(=O)=O)cc2)cc1. The van der Waals surface area contributed by atoms with Gasteiger partial charge in [0.2, 0.25) is 0 Å². The van der Waals surface area contributed by atoms with Crippen LogP contribution in [0.15, 0.2) is 78.0 Å². The first-order chi connectivity index (χ1) is 13.4. The Morgan fingerprint density at radius 2 is 1.50 bits per heavy atom. The van der Waals surface area contributed by atoms with Gasteiger partial charge in [-0.1, -0.05) is 0 Å². The zero-order valence-corrected chi connectivity index (χ0v) is 18.0. The van der Waals surface area contributed by atoms with E-state index in [9.17, 15) is 13.2 Å². The number of aryl methyl sites for hydroxylation is 1. The molecule has 4 rings (SSSR count). The summed E-state index contributed by atoms with van der Waals surface area (Å²) < 4.78 is 28.1. The maximum atomic E-state index is 12.7. The molecule has 0 atom stereocenters. The first-order valence-electron chi connectivity index (χ1n) is 8.56. The van der Waals surface area contributed by atoms with Crippen molar-refractivity contribution in [3.8, 4) is 0 Å². The van der Waals surface area contributed by atoms with E-state index in [0.717, 1.165) is 13.6 Å². The summed E-state index contributed by atoms with van der Waals surface area (Å²) >= 11 is -1.24. The number of hydrogen-bond acceptors (Lipinski definition) is 3. The van der Waals surface area contributed by atoms with Gasteiger partial charge in [0, 0.05) is 0 Å². The number of rotatable bonds is 4. The first-order valence-corrected chi connectivity index (χ1v) is 11.9. The summed E-state index contributed by atoms with van der Waals surface area (Å²) in [6.45, 7) is 2.05. The molecule has 1 aromatic heterocycles. The zero-order chi connectivity index (χ0) is 19.7. The van der Waals surface area contributed by atoms with E-state index in [-0.39, 0.29) is 10.5 Å². The molecule has 0 saturated heterocycles.